The number of piperidine rings is 1. The number of urea groups is 1. The number of hydrogen-bond acceptors (Lipinski definition) is 2. The van der Waals surface area contributed by atoms with Gasteiger partial charge in [0, 0.05) is 30.7 Å². The van der Waals surface area contributed by atoms with Gasteiger partial charge in [0.25, 0.3) is 0 Å². The van der Waals surface area contributed by atoms with Gasteiger partial charge in [-0.05, 0) is 86.1 Å². The third-order valence-corrected chi connectivity index (χ3v) is 7.39. The van der Waals surface area contributed by atoms with Gasteiger partial charge in [-0.25, -0.2) is 4.79 Å². The van der Waals surface area contributed by atoms with Crippen LogP contribution in [0.4, 0.5) is 4.79 Å². The number of rotatable bonds is 7. The molecule has 1 fully saturated rings. The van der Waals surface area contributed by atoms with Crippen molar-refractivity contribution in [3.8, 4) is 0 Å². The average molecular weight is 468 g/mol. The van der Waals surface area contributed by atoms with Crippen molar-refractivity contribution >= 4 is 17.6 Å². The molecule has 2 aliphatic rings. The second-order valence-corrected chi connectivity index (χ2v) is 10.8. The Kier molecular flexibility index (Phi) is 7.98. The highest BCUT2D eigenvalue weighted by atomic mass is 35.5. The standard InChI is InChI=1S/C28H38ClN3O/c1-21(2)5-4-6-22-7-9-23(10-8-22)18-31-19-25-17-26(29)12-11-24(25)20-32(28(31)33)27-13-15-30(3)16-14-27/h7-12,17,21,27H,4-6,13-16,18-20H2,1-3H3. The smallest absolute Gasteiger partial charge is 0.317 e. The fourth-order valence-electron chi connectivity index (χ4n) is 5.06. The van der Waals surface area contributed by atoms with Crippen molar-refractivity contribution < 1.29 is 4.79 Å². The molecule has 0 saturated carbocycles. The number of amides is 2. The molecule has 0 aromatic heterocycles. The van der Waals surface area contributed by atoms with Crippen LogP contribution in [0.5, 0.6) is 0 Å². The van der Waals surface area contributed by atoms with Crippen molar-refractivity contribution in [2.24, 2.45) is 5.92 Å². The molecule has 0 N–H and O–H groups in total. The molecule has 0 spiro atoms. The third kappa shape index (κ3) is 6.30. The maximum absolute atomic E-state index is 13.8. The first-order valence-corrected chi connectivity index (χ1v) is 12.9. The van der Waals surface area contributed by atoms with E-state index in [1.165, 1.54) is 29.5 Å². The van der Waals surface area contributed by atoms with Gasteiger partial charge in [-0.1, -0.05) is 62.2 Å². The van der Waals surface area contributed by atoms with E-state index in [0.717, 1.165) is 48.9 Å². The highest BCUT2D eigenvalue weighted by Crippen LogP contribution is 2.29. The maximum atomic E-state index is 13.8. The van der Waals surface area contributed by atoms with Crippen molar-refractivity contribution in [3.05, 3.63) is 69.7 Å². The molecule has 5 heteroatoms. The average Bonchev–Trinajstić information content (AvgIpc) is 2.92. The predicted molar refractivity (Wildman–Crippen MR) is 136 cm³/mol. The Morgan fingerprint density at radius 2 is 1.67 bits per heavy atom. The van der Waals surface area contributed by atoms with Crippen LogP contribution in [0.15, 0.2) is 42.5 Å². The minimum absolute atomic E-state index is 0.151. The van der Waals surface area contributed by atoms with Crippen LogP contribution in [0, 0.1) is 5.92 Å². The van der Waals surface area contributed by atoms with Gasteiger partial charge in [0.05, 0.1) is 0 Å². The van der Waals surface area contributed by atoms with Crippen LogP contribution in [-0.4, -0.2) is 46.9 Å². The third-order valence-electron chi connectivity index (χ3n) is 7.16. The number of likely N-dealkylation sites (tertiary alicyclic amines) is 1. The van der Waals surface area contributed by atoms with Crippen molar-refractivity contribution in [2.75, 3.05) is 20.1 Å². The fourth-order valence-corrected chi connectivity index (χ4v) is 5.26. The zero-order chi connectivity index (χ0) is 23.4. The Morgan fingerprint density at radius 1 is 0.970 bits per heavy atom. The lowest BCUT2D eigenvalue weighted by molar-refractivity contribution is 0.101. The van der Waals surface area contributed by atoms with E-state index in [1.807, 2.05) is 17.0 Å². The normalized spacial score (nSPS) is 18.0. The summed E-state index contributed by atoms with van der Waals surface area (Å²) in [6.07, 6.45) is 5.68. The zero-order valence-corrected chi connectivity index (χ0v) is 21.2. The first-order valence-electron chi connectivity index (χ1n) is 12.5. The lowest BCUT2D eigenvalue weighted by Gasteiger charge is -2.38. The second-order valence-electron chi connectivity index (χ2n) is 10.3. The largest absolute Gasteiger partial charge is 0.321 e. The first kappa shape index (κ1) is 24.1. The van der Waals surface area contributed by atoms with Gasteiger partial charge in [0.1, 0.15) is 0 Å². The Bertz CT molecular complexity index is 935. The fraction of sp³-hybridized carbons (Fsp3) is 0.536. The highest BCUT2D eigenvalue weighted by molar-refractivity contribution is 6.30. The van der Waals surface area contributed by atoms with Crippen molar-refractivity contribution in [1.29, 1.82) is 0 Å². The van der Waals surface area contributed by atoms with Crippen LogP contribution in [0.1, 0.15) is 61.8 Å². The molecule has 2 amide bonds. The molecule has 0 atom stereocenters. The van der Waals surface area contributed by atoms with Gasteiger partial charge in [0.15, 0.2) is 0 Å². The molecule has 0 bridgehead atoms. The molecule has 2 aromatic carbocycles. The molecule has 4 nitrogen and oxygen atoms in total. The summed E-state index contributed by atoms with van der Waals surface area (Å²) < 4.78 is 0. The Morgan fingerprint density at radius 3 is 2.36 bits per heavy atom. The molecule has 1 saturated heterocycles. The molecule has 2 aliphatic heterocycles. The maximum Gasteiger partial charge on any atom is 0.321 e. The summed E-state index contributed by atoms with van der Waals surface area (Å²) in [5.41, 5.74) is 4.95. The van der Waals surface area contributed by atoms with Crippen LogP contribution in [0.3, 0.4) is 0 Å². The second kappa shape index (κ2) is 10.9. The Labute approximate surface area is 204 Å². The summed E-state index contributed by atoms with van der Waals surface area (Å²) in [7, 11) is 2.16. The van der Waals surface area contributed by atoms with Crippen molar-refractivity contribution in [3.63, 3.8) is 0 Å². The van der Waals surface area contributed by atoms with E-state index in [1.54, 1.807) is 0 Å². The topological polar surface area (TPSA) is 26.8 Å². The van der Waals surface area contributed by atoms with Gasteiger partial charge >= 0.3 is 6.03 Å². The number of fused-ring (bicyclic) bond motifs is 1. The molecule has 178 valence electrons. The predicted octanol–water partition coefficient (Wildman–Crippen LogP) is 6.35. The van der Waals surface area contributed by atoms with E-state index in [9.17, 15) is 4.79 Å². The van der Waals surface area contributed by atoms with E-state index in [4.69, 9.17) is 11.6 Å². The molecule has 0 unspecified atom stereocenters. The molecule has 0 aliphatic carbocycles. The lowest BCUT2D eigenvalue weighted by Crippen LogP contribution is -2.49. The number of benzene rings is 2. The van der Waals surface area contributed by atoms with Crippen LogP contribution in [0.25, 0.3) is 0 Å². The summed E-state index contributed by atoms with van der Waals surface area (Å²) in [5, 5.41) is 0.736. The number of carbonyl (C=O) groups excluding carboxylic acids is 1. The van der Waals surface area contributed by atoms with E-state index in [-0.39, 0.29) is 6.03 Å². The van der Waals surface area contributed by atoms with Gasteiger partial charge in [-0.15, -0.1) is 0 Å². The zero-order valence-electron chi connectivity index (χ0n) is 20.4. The quantitative estimate of drug-likeness (QED) is 0.474. The van der Waals surface area contributed by atoms with Crippen LogP contribution in [-0.2, 0) is 26.1 Å². The molecular formula is C28H38ClN3O. The molecule has 4 rings (SSSR count). The summed E-state index contributed by atoms with van der Waals surface area (Å²) in [5.74, 6) is 0.752. The minimum Gasteiger partial charge on any atom is -0.317 e. The summed E-state index contributed by atoms with van der Waals surface area (Å²) in [6, 6.07) is 15.4. The highest BCUT2D eigenvalue weighted by Gasteiger charge is 2.33. The van der Waals surface area contributed by atoms with E-state index in [0.29, 0.717) is 25.7 Å². The van der Waals surface area contributed by atoms with Crippen molar-refractivity contribution in [2.45, 2.75) is 71.6 Å². The molecule has 2 aromatic rings. The Hall–Kier alpha value is -2.04. The number of aryl methyl sites for hydroxylation is 1. The molecule has 0 radical (unpaired) electrons. The van der Waals surface area contributed by atoms with Crippen molar-refractivity contribution in [1.82, 2.24) is 14.7 Å². The number of hydrogen-bond donors (Lipinski definition) is 0. The molecular weight excluding hydrogens is 430 g/mol. The van der Waals surface area contributed by atoms with Gasteiger partial charge in [-0.2, -0.15) is 0 Å². The number of carbonyl (C=O) groups is 1. The summed E-state index contributed by atoms with van der Waals surface area (Å²) >= 11 is 6.33. The number of halogens is 1. The van der Waals surface area contributed by atoms with Gasteiger partial charge in [-0.3, -0.25) is 0 Å². The number of nitrogens with zero attached hydrogens (tertiary/aromatic N) is 3. The minimum atomic E-state index is 0.151. The van der Waals surface area contributed by atoms with E-state index < -0.39 is 0 Å². The lowest BCUT2D eigenvalue weighted by atomic mass is 10.0. The molecule has 2 heterocycles. The summed E-state index contributed by atoms with van der Waals surface area (Å²) in [4.78, 5) is 20.2. The summed E-state index contributed by atoms with van der Waals surface area (Å²) in [6.45, 7) is 8.54. The van der Waals surface area contributed by atoms with Gasteiger partial charge in [0.2, 0.25) is 0 Å². The first-order chi connectivity index (χ1) is 15.9. The van der Waals surface area contributed by atoms with Crippen LogP contribution in [0.2, 0.25) is 5.02 Å². The van der Waals surface area contributed by atoms with E-state index >= 15 is 0 Å². The van der Waals surface area contributed by atoms with Crippen LogP contribution < -0.4 is 0 Å². The Balaban J connectivity index is 1.51. The SMILES string of the molecule is CC(C)CCCc1ccc(CN2Cc3cc(Cl)ccc3CN(C3CCN(C)CC3)C2=O)cc1. The van der Waals surface area contributed by atoms with E-state index in [2.05, 4.69) is 61.0 Å². The monoisotopic (exact) mass is 467 g/mol. The molecule has 33 heavy (non-hydrogen) atoms. The van der Waals surface area contributed by atoms with Crippen LogP contribution >= 0.6 is 11.6 Å². The van der Waals surface area contributed by atoms with Gasteiger partial charge < -0.3 is 14.7 Å².